The van der Waals surface area contributed by atoms with E-state index in [-0.39, 0.29) is 17.6 Å². The maximum atomic E-state index is 12.1. The maximum absolute atomic E-state index is 12.1. The lowest BCUT2D eigenvalue weighted by molar-refractivity contribution is -0.118. The van der Waals surface area contributed by atoms with Crippen molar-refractivity contribution in [2.75, 3.05) is 5.32 Å². The van der Waals surface area contributed by atoms with E-state index in [1.165, 1.54) is 5.56 Å². The molecule has 0 radical (unpaired) electrons. The fraction of sp³-hybridized carbons (Fsp3) is 0.133. The summed E-state index contributed by atoms with van der Waals surface area (Å²) in [5, 5.41) is 12.2. The maximum Gasteiger partial charge on any atom is 0.232 e. The third-order valence-electron chi connectivity index (χ3n) is 3.28. The Kier molecular flexibility index (Phi) is 2.52. The number of fused-ring (bicyclic) bond motifs is 1. The minimum atomic E-state index is -0.0662. The summed E-state index contributed by atoms with van der Waals surface area (Å²) in [6, 6.07) is 14.6. The number of carbonyl (C=O) groups is 1. The van der Waals surface area contributed by atoms with Gasteiger partial charge in [0.15, 0.2) is 0 Å². The molecule has 0 bridgehead atoms. The molecule has 0 saturated heterocycles. The molecule has 90 valence electrons. The first-order valence-corrected chi connectivity index (χ1v) is 5.92. The SMILES string of the molecule is O=C(Nc1cccc(O)c1)C1Cc2ccccc21. The van der Waals surface area contributed by atoms with Gasteiger partial charge >= 0.3 is 0 Å². The third-order valence-corrected chi connectivity index (χ3v) is 3.28. The molecule has 1 aliphatic carbocycles. The van der Waals surface area contributed by atoms with Crippen molar-refractivity contribution in [2.24, 2.45) is 0 Å². The highest BCUT2D eigenvalue weighted by Gasteiger charge is 2.31. The summed E-state index contributed by atoms with van der Waals surface area (Å²) in [6.45, 7) is 0. The molecule has 1 atom stereocenters. The molecule has 0 saturated carbocycles. The molecule has 1 unspecified atom stereocenters. The first-order chi connectivity index (χ1) is 8.74. The van der Waals surface area contributed by atoms with Crippen molar-refractivity contribution < 1.29 is 9.90 Å². The molecule has 0 fully saturated rings. The molecule has 1 amide bonds. The first-order valence-electron chi connectivity index (χ1n) is 5.92. The van der Waals surface area contributed by atoms with Crippen molar-refractivity contribution in [1.82, 2.24) is 0 Å². The molecule has 18 heavy (non-hydrogen) atoms. The molecule has 2 aromatic rings. The average Bonchev–Trinajstić information content (AvgIpc) is 2.30. The van der Waals surface area contributed by atoms with Gasteiger partial charge in [-0.15, -0.1) is 0 Å². The quantitative estimate of drug-likeness (QED) is 0.846. The van der Waals surface area contributed by atoms with Gasteiger partial charge in [-0.25, -0.2) is 0 Å². The topological polar surface area (TPSA) is 49.3 Å². The minimum absolute atomic E-state index is 0.0145. The number of hydrogen-bond acceptors (Lipinski definition) is 2. The highest BCUT2D eigenvalue weighted by molar-refractivity contribution is 5.97. The monoisotopic (exact) mass is 239 g/mol. The van der Waals surface area contributed by atoms with Crippen LogP contribution in [0.5, 0.6) is 5.75 Å². The van der Waals surface area contributed by atoms with Gasteiger partial charge in [0.05, 0.1) is 5.92 Å². The van der Waals surface area contributed by atoms with Crippen LogP contribution in [0.2, 0.25) is 0 Å². The minimum Gasteiger partial charge on any atom is -0.508 e. The smallest absolute Gasteiger partial charge is 0.232 e. The molecule has 0 aromatic heterocycles. The Bertz CT molecular complexity index is 607. The van der Waals surface area contributed by atoms with Crippen molar-refractivity contribution in [2.45, 2.75) is 12.3 Å². The summed E-state index contributed by atoms with van der Waals surface area (Å²) in [5.41, 5.74) is 2.98. The summed E-state index contributed by atoms with van der Waals surface area (Å²) in [7, 11) is 0. The number of benzene rings is 2. The summed E-state index contributed by atoms with van der Waals surface area (Å²) in [6.07, 6.45) is 0.792. The second-order valence-corrected chi connectivity index (χ2v) is 4.50. The van der Waals surface area contributed by atoms with Gasteiger partial charge in [0.25, 0.3) is 0 Å². The fourth-order valence-electron chi connectivity index (χ4n) is 2.31. The second-order valence-electron chi connectivity index (χ2n) is 4.50. The highest BCUT2D eigenvalue weighted by Crippen LogP contribution is 2.35. The number of carbonyl (C=O) groups excluding carboxylic acids is 1. The van der Waals surface area contributed by atoms with Crippen LogP contribution in [0.1, 0.15) is 17.0 Å². The molecule has 2 N–H and O–H groups in total. The molecular formula is C15H13NO2. The van der Waals surface area contributed by atoms with Crippen LogP contribution in [0.15, 0.2) is 48.5 Å². The van der Waals surface area contributed by atoms with E-state index in [2.05, 4.69) is 5.32 Å². The lowest BCUT2D eigenvalue weighted by Crippen LogP contribution is -2.30. The lowest BCUT2D eigenvalue weighted by atomic mass is 9.77. The van der Waals surface area contributed by atoms with Crippen molar-refractivity contribution in [3.63, 3.8) is 0 Å². The normalized spacial score (nSPS) is 16.6. The Morgan fingerprint density at radius 1 is 1.17 bits per heavy atom. The van der Waals surface area contributed by atoms with Crippen molar-refractivity contribution in [3.05, 3.63) is 59.7 Å². The van der Waals surface area contributed by atoms with Gasteiger partial charge in [-0.05, 0) is 29.7 Å². The number of anilines is 1. The summed E-state index contributed by atoms with van der Waals surface area (Å²) in [5.74, 6) is 0.0738. The number of amides is 1. The van der Waals surface area contributed by atoms with Crippen LogP contribution in [0.25, 0.3) is 0 Å². The predicted molar refractivity (Wildman–Crippen MR) is 69.6 cm³/mol. The highest BCUT2D eigenvalue weighted by atomic mass is 16.3. The van der Waals surface area contributed by atoms with Crippen LogP contribution in [0, 0.1) is 0 Å². The van der Waals surface area contributed by atoms with E-state index in [0.29, 0.717) is 5.69 Å². The number of aromatic hydroxyl groups is 1. The van der Waals surface area contributed by atoms with Crippen molar-refractivity contribution >= 4 is 11.6 Å². The predicted octanol–water partition coefficient (Wildman–Crippen LogP) is 2.67. The van der Waals surface area contributed by atoms with Gasteiger partial charge in [0.2, 0.25) is 5.91 Å². The van der Waals surface area contributed by atoms with E-state index in [4.69, 9.17) is 0 Å². The number of nitrogens with one attached hydrogen (secondary N) is 1. The number of rotatable bonds is 2. The zero-order valence-electron chi connectivity index (χ0n) is 9.76. The fourth-order valence-corrected chi connectivity index (χ4v) is 2.31. The Hall–Kier alpha value is -2.29. The molecule has 0 spiro atoms. The summed E-state index contributed by atoms with van der Waals surface area (Å²) < 4.78 is 0. The van der Waals surface area contributed by atoms with E-state index in [1.54, 1.807) is 24.3 Å². The van der Waals surface area contributed by atoms with E-state index in [1.807, 2.05) is 24.3 Å². The Labute approximate surface area is 105 Å². The number of phenolic OH excluding ortho intramolecular Hbond substituents is 1. The standard InChI is InChI=1S/C15H13NO2/c17-12-6-3-5-11(9-12)16-15(18)14-8-10-4-1-2-7-13(10)14/h1-7,9,14,17H,8H2,(H,16,18). The van der Waals surface area contributed by atoms with E-state index in [9.17, 15) is 9.90 Å². The molecule has 1 aliphatic rings. The van der Waals surface area contributed by atoms with E-state index < -0.39 is 0 Å². The zero-order chi connectivity index (χ0) is 12.5. The summed E-state index contributed by atoms with van der Waals surface area (Å²) >= 11 is 0. The van der Waals surface area contributed by atoms with Gasteiger partial charge in [0, 0.05) is 11.8 Å². The molecule has 3 nitrogen and oxygen atoms in total. The number of hydrogen-bond donors (Lipinski definition) is 2. The molecule has 2 aromatic carbocycles. The van der Waals surface area contributed by atoms with Crippen LogP contribution in [0.3, 0.4) is 0 Å². The van der Waals surface area contributed by atoms with Crippen molar-refractivity contribution in [3.8, 4) is 5.75 Å². The largest absolute Gasteiger partial charge is 0.508 e. The summed E-state index contributed by atoms with van der Waals surface area (Å²) in [4.78, 5) is 12.1. The molecule has 3 heteroatoms. The van der Waals surface area contributed by atoms with E-state index in [0.717, 1.165) is 12.0 Å². The van der Waals surface area contributed by atoms with Crippen LogP contribution in [-0.4, -0.2) is 11.0 Å². The van der Waals surface area contributed by atoms with Crippen LogP contribution >= 0.6 is 0 Å². The Balaban J connectivity index is 1.75. The van der Waals surface area contributed by atoms with Crippen LogP contribution < -0.4 is 5.32 Å². The van der Waals surface area contributed by atoms with Gasteiger partial charge in [0.1, 0.15) is 5.75 Å². The zero-order valence-corrected chi connectivity index (χ0v) is 9.76. The second kappa shape index (κ2) is 4.18. The average molecular weight is 239 g/mol. The third kappa shape index (κ3) is 1.84. The van der Waals surface area contributed by atoms with Gasteiger partial charge in [-0.1, -0.05) is 30.3 Å². The van der Waals surface area contributed by atoms with Gasteiger partial charge in [-0.2, -0.15) is 0 Å². The van der Waals surface area contributed by atoms with E-state index >= 15 is 0 Å². The van der Waals surface area contributed by atoms with Crippen molar-refractivity contribution in [1.29, 1.82) is 0 Å². The molecular weight excluding hydrogens is 226 g/mol. The lowest BCUT2D eigenvalue weighted by Gasteiger charge is -2.28. The molecule has 0 aliphatic heterocycles. The molecule has 3 rings (SSSR count). The Morgan fingerprint density at radius 3 is 2.78 bits per heavy atom. The van der Waals surface area contributed by atoms with Gasteiger partial charge in [-0.3, -0.25) is 4.79 Å². The number of phenols is 1. The molecule has 0 heterocycles. The Morgan fingerprint density at radius 2 is 2.00 bits per heavy atom. The van der Waals surface area contributed by atoms with Crippen LogP contribution in [-0.2, 0) is 11.2 Å². The van der Waals surface area contributed by atoms with Crippen LogP contribution in [0.4, 0.5) is 5.69 Å². The first kappa shape index (κ1) is 10.8. The van der Waals surface area contributed by atoms with Gasteiger partial charge < -0.3 is 10.4 Å².